The molecule has 1 aliphatic heterocycles. The highest BCUT2D eigenvalue weighted by Crippen LogP contribution is 2.33. The van der Waals surface area contributed by atoms with Gasteiger partial charge in [-0.15, -0.1) is 0 Å². The molecule has 53 valence electrons. The zero-order valence-electron chi connectivity index (χ0n) is 5.79. The lowest BCUT2D eigenvalue weighted by Crippen LogP contribution is -2.16. The van der Waals surface area contributed by atoms with Crippen LogP contribution in [0.1, 0.15) is 19.3 Å². The van der Waals surface area contributed by atoms with Crippen LogP contribution in [0.2, 0.25) is 0 Å². The van der Waals surface area contributed by atoms with Crippen LogP contribution in [0.3, 0.4) is 0 Å². The molecule has 0 aromatic rings. The Morgan fingerprint density at radius 1 is 1.50 bits per heavy atom. The largest absolute Gasteiger partial charge is 0.466 e. The molecule has 2 nitrogen and oxygen atoms in total. The zero-order valence-corrected chi connectivity index (χ0v) is 5.79. The normalized spacial score (nSPS) is 24.2. The van der Waals surface area contributed by atoms with Gasteiger partial charge in [-0.3, -0.25) is 5.32 Å². The van der Waals surface area contributed by atoms with Gasteiger partial charge in [0.15, 0.2) is 0 Å². The Bertz CT molecular complexity index is 180. The van der Waals surface area contributed by atoms with Crippen molar-refractivity contribution >= 4 is 0 Å². The van der Waals surface area contributed by atoms with Crippen LogP contribution in [0.5, 0.6) is 0 Å². The third kappa shape index (κ3) is 0.897. The van der Waals surface area contributed by atoms with Crippen molar-refractivity contribution in [3.05, 3.63) is 24.4 Å². The predicted octanol–water partition coefficient (Wildman–Crippen LogP) is 1.73. The highest BCUT2D eigenvalue weighted by atomic mass is 16.5. The molecule has 0 bridgehead atoms. The maximum Gasteiger partial charge on any atom is 0.124 e. The summed E-state index contributed by atoms with van der Waals surface area (Å²) in [7, 11) is 0. The summed E-state index contributed by atoms with van der Waals surface area (Å²) in [5.41, 5.74) is 0. The van der Waals surface area contributed by atoms with Crippen molar-refractivity contribution in [2.45, 2.75) is 19.3 Å². The van der Waals surface area contributed by atoms with Gasteiger partial charge in [0.2, 0.25) is 0 Å². The maximum absolute atomic E-state index is 5.27. The molecule has 2 heteroatoms. The summed E-state index contributed by atoms with van der Waals surface area (Å²) in [6.45, 7) is 0. The quantitative estimate of drug-likeness (QED) is 0.538. The third-order valence-electron chi connectivity index (χ3n) is 2.06. The van der Waals surface area contributed by atoms with Crippen LogP contribution in [-0.4, -0.2) is 0 Å². The number of hydrogen-bond acceptors (Lipinski definition) is 1. The van der Waals surface area contributed by atoms with Crippen LogP contribution in [-0.2, 0) is 4.74 Å². The fraction of sp³-hybridized carbons (Fsp3) is 0.500. The summed E-state index contributed by atoms with van der Waals surface area (Å²) in [6, 6.07) is 0. The molecule has 0 saturated heterocycles. The Labute approximate surface area is 60.6 Å². The molecule has 1 saturated carbocycles. The number of ether oxygens (including phenoxy) is 1. The van der Waals surface area contributed by atoms with E-state index in [1.807, 2.05) is 6.20 Å². The van der Waals surface area contributed by atoms with Crippen LogP contribution < -0.4 is 5.32 Å². The lowest BCUT2D eigenvalue weighted by Gasteiger charge is -2.27. The Balaban J connectivity index is 1.96. The summed E-state index contributed by atoms with van der Waals surface area (Å²) in [5, 5.41) is 3.99. The summed E-state index contributed by atoms with van der Waals surface area (Å²) < 4.78 is 5.27. The van der Waals surface area contributed by atoms with E-state index >= 15 is 0 Å². The first-order valence-electron chi connectivity index (χ1n) is 3.68. The maximum atomic E-state index is 5.27. The first kappa shape index (κ1) is 5.83. The molecule has 0 aromatic carbocycles. The monoisotopic (exact) mass is 136 g/mol. The second kappa shape index (κ2) is 2.37. The minimum atomic E-state index is 0.661. The molecule has 1 aliphatic carbocycles. The van der Waals surface area contributed by atoms with Gasteiger partial charge in [0.1, 0.15) is 12.0 Å². The molecule has 1 heterocycles. The second-order valence-corrected chi connectivity index (χ2v) is 2.71. The molecule has 0 atom stereocenters. The third-order valence-corrected chi connectivity index (χ3v) is 2.06. The first-order valence-corrected chi connectivity index (χ1v) is 3.68. The number of nitrogens with zero attached hydrogens (tertiary/aromatic N) is 1. The molecule has 10 heavy (non-hydrogen) atoms. The Hall–Kier alpha value is -0.920. The van der Waals surface area contributed by atoms with Gasteiger partial charge in [-0.1, -0.05) is 6.42 Å². The average Bonchev–Trinajstić information content (AvgIpc) is 1.86. The van der Waals surface area contributed by atoms with E-state index < -0.39 is 0 Å². The summed E-state index contributed by atoms with van der Waals surface area (Å²) in [6.07, 6.45) is 9.03. The summed E-state index contributed by atoms with van der Waals surface area (Å²) in [5.74, 6) is 1.71. The lowest BCUT2D eigenvalue weighted by atomic mass is 9.84. The molecular weight excluding hydrogens is 126 g/mol. The molecule has 2 rings (SSSR count). The molecule has 1 radical (unpaired) electrons. The van der Waals surface area contributed by atoms with Crippen molar-refractivity contribution in [1.82, 2.24) is 5.32 Å². The number of rotatable bonds is 1. The number of allylic oxidation sites excluding steroid dienone is 1. The minimum Gasteiger partial charge on any atom is -0.466 e. The zero-order chi connectivity index (χ0) is 6.81. The van der Waals surface area contributed by atoms with E-state index in [0.717, 1.165) is 5.76 Å². The highest BCUT2D eigenvalue weighted by molar-refractivity contribution is 5.06. The van der Waals surface area contributed by atoms with Crippen LogP contribution in [0.15, 0.2) is 24.4 Å². The van der Waals surface area contributed by atoms with Gasteiger partial charge in [0.25, 0.3) is 0 Å². The Kier molecular flexibility index (Phi) is 1.38. The van der Waals surface area contributed by atoms with Crippen molar-refractivity contribution in [1.29, 1.82) is 0 Å². The summed E-state index contributed by atoms with van der Waals surface area (Å²) >= 11 is 0. The Morgan fingerprint density at radius 2 is 2.40 bits per heavy atom. The Morgan fingerprint density at radius 3 is 2.90 bits per heavy atom. The summed E-state index contributed by atoms with van der Waals surface area (Å²) in [4.78, 5) is 0. The van der Waals surface area contributed by atoms with Crippen molar-refractivity contribution in [3.8, 4) is 0 Å². The van der Waals surface area contributed by atoms with Crippen molar-refractivity contribution < 1.29 is 4.74 Å². The standard InChI is InChI=1S/C8H10NO/c1-2-7(3-1)8-6-9-4-5-10-8/h4-7H,1-3H2. The highest BCUT2D eigenvalue weighted by Gasteiger charge is 2.23. The van der Waals surface area contributed by atoms with Crippen LogP contribution >= 0.6 is 0 Å². The molecule has 0 spiro atoms. The van der Waals surface area contributed by atoms with E-state index in [1.54, 1.807) is 12.5 Å². The smallest absolute Gasteiger partial charge is 0.124 e. The van der Waals surface area contributed by atoms with E-state index in [9.17, 15) is 0 Å². The van der Waals surface area contributed by atoms with E-state index in [2.05, 4.69) is 5.32 Å². The molecule has 2 aliphatic rings. The molecule has 1 fully saturated rings. The average molecular weight is 136 g/mol. The van der Waals surface area contributed by atoms with Crippen molar-refractivity contribution in [3.63, 3.8) is 0 Å². The minimum absolute atomic E-state index is 0.661. The van der Waals surface area contributed by atoms with E-state index in [4.69, 9.17) is 4.74 Å². The molecular formula is C8H10NO. The van der Waals surface area contributed by atoms with Gasteiger partial charge in [-0.2, -0.15) is 0 Å². The molecule has 0 N–H and O–H groups in total. The van der Waals surface area contributed by atoms with Gasteiger partial charge in [0.05, 0.1) is 12.4 Å². The van der Waals surface area contributed by atoms with Crippen LogP contribution in [0, 0.1) is 5.92 Å². The predicted molar refractivity (Wildman–Crippen MR) is 37.8 cm³/mol. The molecule has 0 aromatic heterocycles. The van der Waals surface area contributed by atoms with Gasteiger partial charge in [0, 0.05) is 5.92 Å². The number of hydrogen-bond donors (Lipinski definition) is 0. The fourth-order valence-electron chi connectivity index (χ4n) is 1.19. The topological polar surface area (TPSA) is 23.3 Å². The van der Waals surface area contributed by atoms with Crippen molar-refractivity contribution in [2.24, 2.45) is 5.92 Å². The van der Waals surface area contributed by atoms with Gasteiger partial charge >= 0.3 is 0 Å². The SMILES string of the molecule is C1=COC(C2CCC2)=C[N]1. The van der Waals surface area contributed by atoms with E-state index in [-0.39, 0.29) is 0 Å². The molecule has 0 unspecified atom stereocenters. The fourth-order valence-corrected chi connectivity index (χ4v) is 1.19. The van der Waals surface area contributed by atoms with Crippen LogP contribution in [0.25, 0.3) is 0 Å². The van der Waals surface area contributed by atoms with Crippen LogP contribution in [0.4, 0.5) is 0 Å². The van der Waals surface area contributed by atoms with Gasteiger partial charge in [-0.05, 0) is 12.8 Å². The molecule has 0 amide bonds. The van der Waals surface area contributed by atoms with E-state index in [0.29, 0.717) is 5.92 Å². The van der Waals surface area contributed by atoms with Crippen molar-refractivity contribution in [2.75, 3.05) is 0 Å². The van der Waals surface area contributed by atoms with Gasteiger partial charge in [-0.25, -0.2) is 0 Å². The lowest BCUT2D eigenvalue weighted by molar-refractivity contribution is 0.216. The van der Waals surface area contributed by atoms with E-state index in [1.165, 1.54) is 19.3 Å². The van der Waals surface area contributed by atoms with Gasteiger partial charge < -0.3 is 4.74 Å². The second-order valence-electron chi connectivity index (χ2n) is 2.71. The first-order chi connectivity index (χ1) is 4.97.